The molecule has 1 N–H and O–H groups in total. The van der Waals surface area contributed by atoms with Crippen LogP contribution in [0.15, 0.2) is 36.6 Å². The third kappa shape index (κ3) is 4.26. The van der Waals surface area contributed by atoms with Crippen LogP contribution in [0, 0.1) is 0 Å². The fraction of sp³-hybridized carbons (Fsp3) is 0.500. The molecule has 1 aromatic rings. The Morgan fingerprint density at radius 2 is 1.96 bits per heavy atom. The van der Waals surface area contributed by atoms with Crippen LogP contribution in [-0.4, -0.2) is 61.6 Å². The average Bonchev–Trinajstić information content (AvgIpc) is 2.61. The van der Waals surface area contributed by atoms with Crippen molar-refractivity contribution >= 4 is 11.6 Å². The van der Waals surface area contributed by atoms with Crippen molar-refractivity contribution in [3.63, 3.8) is 0 Å². The van der Waals surface area contributed by atoms with E-state index in [1.807, 2.05) is 29.2 Å². The quantitative estimate of drug-likeness (QED) is 0.925. The Bertz CT molecular complexity index is 548. The molecule has 1 saturated heterocycles. The highest BCUT2D eigenvalue weighted by molar-refractivity contribution is 5.94. The lowest BCUT2D eigenvalue weighted by Gasteiger charge is -2.32. The first-order valence-electron chi connectivity index (χ1n) is 8.34. The van der Waals surface area contributed by atoms with Crippen LogP contribution in [-0.2, 0) is 4.74 Å². The summed E-state index contributed by atoms with van der Waals surface area (Å²) in [6, 6.07) is 7.76. The largest absolute Gasteiger partial charge is 0.497 e. The number of carbonyl (C=O) groups excluding carboxylic acids is 1. The number of likely N-dealkylation sites (N-methyl/N-ethyl adjacent to an activating group) is 1. The Labute approximate surface area is 137 Å². The number of nitrogens with zero attached hydrogens (tertiary/aromatic N) is 2. The number of anilines is 1. The molecule has 1 atom stereocenters. The highest BCUT2D eigenvalue weighted by atomic mass is 16.5. The van der Waals surface area contributed by atoms with E-state index in [0.717, 1.165) is 56.8 Å². The first-order valence-corrected chi connectivity index (χ1v) is 8.34. The number of hydrogen-bond acceptors (Lipinski definition) is 4. The molecule has 1 unspecified atom stereocenters. The monoisotopic (exact) mass is 315 g/mol. The summed E-state index contributed by atoms with van der Waals surface area (Å²) in [6.45, 7) is 4.29. The number of allylic oxidation sites excluding steroid dienone is 1. The van der Waals surface area contributed by atoms with Crippen LogP contribution in [0.2, 0.25) is 0 Å². The maximum absolute atomic E-state index is 12.5. The predicted octanol–water partition coefficient (Wildman–Crippen LogP) is 2.18. The van der Waals surface area contributed by atoms with Crippen molar-refractivity contribution in [1.82, 2.24) is 9.80 Å². The first kappa shape index (κ1) is 15.9. The van der Waals surface area contributed by atoms with E-state index in [-0.39, 0.29) is 12.0 Å². The highest BCUT2D eigenvalue weighted by Crippen LogP contribution is 2.15. The molecule has 2 heterocycles. The van der Waals surface area contributed by atoms with E-state index in [2.05, 4.69) is 23.3 Å². The van der Waals surface area contributed by atoms with Crippen molar-refractivity contribution in [1.29, 1.82) is 0 Å². The maximum Gasteiger partial charge on any atom is 0.253 e. The molecule has 1 fully saturated rings. The minimum atomic E-state index is 0.130. The van der Waals surface area contributed by atoms with E-state index < -0.39 is 0 Å². The Kier molecular flexibility index (Phi) is 5.18. The van der Waals surface area contributed by atoms with Crippen LogP contribution in [0.5, 0.6) is 0 Å². The maximum atomic E-state index is 12.5. The van der Waals surface area contributed by atoms with E-state index in [1.165, 1.54) is 0 Å². The summed E-state index contributed by atoms with van der Waals surface area (Å²) in [5.74, 6) is 0.130. The standard InChI is InChI=1S/C18H25N3O2/c1-20-9-11-21(12-10-20)18(22)15-5-7-16(8-6-15)19-14-17-4-2-3-13-23-17/h3,5-8,13,17,19H,2,4,9-12,14H2,1H3. The van der Waals surface area contributed by atoms with Gasteiger partial charge in [0.2, 0.25) is 0 Å². The van der Waals surface area contributed by atoms with Crippen LogP contribution < -0.4 is 5.32 Å². The van der Waals surface area contributed by atoms with Gasteiger partial charge in [-0.2, -0.15) is 0 Å². The number of hydrogen-bond donors (Lipinski definition) is 1. The van der Waals surface area contributed by atoms with Crippen molar-refractivity contribution in [2.75, 3.05) is 45.1 Å². The number of rotatable bonds is 4. The molecule has 124 valence electrons. The van der Waals surface area contributed by atoms with Gasteiger partial charge in [-0.15, -0.1) is 0 Å². The van der Waals surface area contributed by atoms with Gasteiger partial charge in [0, 0.05) is 37.4 Å². The van der Waals surface area contributed by atoms with Gasteiger partial charge < -0.3 is 19.9 Å². The van der Waals surface area contributed by atoms with E-state index in [0.29, 0.717) is 0 Å². The van der Waals surface area contributed by atoms with Gasteiger partial charge in [-0.05, 0) is 50.2 Å². The fourth-order valence-corrected chi connectivity index (χ4v) is 2.89. The Morgan fingerprint density at radius 1 is 1.22 bits per heavy atom. The van der Waals surface area contributed by atoms with Crippen molar-refractivity contribution in [2.24, 2.45) is 0 Å². The third-order valence-corrected chi connectivity index (χ3v) is 4.48. The molecule has 0 aliphatic carbocycles. The molecule has 1 aromatic carbocycles. The SMILES string of the molecule is CN1CCN(C(=O)c2ccc(NCC3CCC=CO3)cc2)CC1. The van der Waals surface area contributed by atoms with Gasteiger partial charge in [0.05, 0.1) is 12.8 Å². The number of piperazine rings is 1. The van der Waals surface area contributed by atoms with Crippen LogP contribution in [0.25, 0.3) is 0 Å². The van der Waals surface area contributed by atoms with Gasteiger partial charge in [-0.25, -0.2) is 0 Å². The van der Waals surface area contributed by atoms with Crippen molar-refractivity contribution in [3.8, 4) is 0 Å². The summed E-state index contributed by atoms with van der Waals surface area (Å²) in [6.07, 6.45) is 6.18. The fourth-order valence-electron chi connectivity index (χ4n) is 2.89. The summed E-state index contributed by atoms with van der Waals surface area (Å²) in [5.41, 5.74) is 1.79. The molecule has 5 heteroatoms. The third-order valence-electron chi connectivity index (χ3n) is 4.48. The molecule has 0 bridgehead atoms. The molecular weight excluding hydrogens is 290 g/mol. The molecule has 1 amide bonds. The molecule has 2 aliphatic heterocycles. The zero-order valence-electron chi connectivity index (χ0n) is 13.7. The summed E-state index contributed by atoms with van der Waals surface area (Å²) in [4.78, 5) is 16.7. The molecule has 0 saturated carbocycles. The molecule has 0 aromatic heterocycles. The molecule has 2 aliphatic rings. The second-order valence-electron chi connectivity index (χ2n) is 6.26. The van der Waals surface area contributed by atoms with Crippen molar-refractivity contribution in [3.05, 3.63) is 42.2 Å². The second-order valence-corrected chi connectivity index (χ2v) is 6.26. The van der Waals surface area contributed by atoms with Gasteiger partial charge in [0.15, 0.2) is 0 Å². The van der Waals surface area contributed by atoms with Crippen LogP contribution in [0.4, 0.5) is 5.69 Å². The second kappa shape index (κ2) is 7.51. The lowest BCUT2D eigenvalue weighted by molar-refractivity contribution is 0.0664. The summed E-state index contributed by atoms with van der Waals surface area (Å²) in [7, 11) is 2.09. The van der Waals surface area contributed by atoms with Crippen molar-refractivity contribution < 1.29 is 9.53 Å². The average molecular weight is 315 g/mol. The molecule has 3 rings (SSSR count). The van der Waals surface area contributed by atoms with E-state index in [9.17, 15) is 4.79 Å². The van der Waals surface area contributed by atoms with E-state index in [4.69, 9.17) is 4.74 Å². The minimum Gasteiger partial charge on any atom is -0.497 e. The molecule has 5 nitrogen and oxygen atoms in total. The minimum absolute atomic E-state index is 0.130. The van der Waals surface area contributed by atoms with Gasteiger partial charge in [-0.1, -0.05) is 0 Å². The van der Waals surface area contributed by atoms with E-state index >= 15 is 0 Å². The number of benzene rings is 1. The zero-order chi connectivity index (χ0) is 16.1. The highest BCUT2D eigenvalue weighted by Gasteiger charge is 2.20. The summed E-state index contributed by atoms with van der Waals surface area (Å²) in [5, 5.41) is 3.38. The zero-order valence-corrected chi connectivity index (χ0v) is 13.7. The first-order chi connectivity index (χ1) is 11.2. The van der Waals surface area contributed by atoms with Crippen LogP contribution >= 0.6 is 0 Å². The molecule has 23 heavy (non-hydrogen) atoms. The van der Waals surface area contributed by atoms with Crippen LogP contribution in [0.1, 0.15) is 23.2 Å². The predicted molar refractivity (Wildman–Crippen MR) is 91.6 cm³/mol. The number of nitrogens with one attached hydrogen (secondary N) is 1. The lowest BCUT2D eigenvalue weighted by atomic mass is 10.1. The van der Waals surface area contributed by atoms with Gasteiger partial charge >= 0.3 is 0 Å². The number of ether oxygens (including phenoxy) is 1. The Morgan fingerprint density at radius 3 is 2.61 bits per heavy atom. The summed E-state index contributed by atoms with van der Waals surface area (Å²) < 4.78 is 5.54. The molecule has 0 spiro atoms. The number of amides is 1. The normalized spacial score (nSPS) is 21.8. The lowest BCUT2D eigenvalue weighted by Crippen LogP contribution is -2.47. The van der Waals surface area contributed by atoms with Crippen LogP contribution in [0.3, 0.4) is 0 Å². The molecular formula is C18H25N3O2. The number of carbonyl (C=O) groups is 1. The van der Waals surface area contributed by atoms with E-state index in [1.54, 1.807) is 6.26 Å². The summed E-state index contributed by atoms with van der Waals surface area (Å²) >= 11 is 0. The van der Waals surface area contributed by atoms with Crippen molar-refractivity contribution in [2.45, 2.75) is 18.9 Å². The van der Waals surface area contributed by atoms with Gasteiger partial charge in [0.1, 0.15) is 6.10 Å². The molecule has 0 radical (unpaired) electrons. The topological polar surface area (TPSA) is 44.8 Å². The van der Waals surface area contributed by atoms with Gasteiger partial charge in [-0.3, -0.25) is 4.79 Å². The Hall–Kier alpha value is -2.01. The van der Waals surface area contributed by atoms with Gasteiger partial charge in [0.25, 0.3) is 5.91 Å². The Balaban J connectivity index is 1.52. The smallest absolute Gasteiger partial charge is 0.253 e.